The van der Waals surface area contributed by atoms with Crippen molar-refractivity contribution in [2.24, 2.45) is 10.3 Å². The SMILES string of the molecule is Brc1cccc(Br)c1C1=CNN(c2c(Br)cccc2Br)N=N1. The molecule has 0 fully saturated rings. The zero-order chi connectivity index (χ0) is 15.7. The molecule has 0 saturated carbocycles. The molecular weight excluding hydrogens is 544 g/mol. The second-order valence-corrected chi connectivity index (χ2v) is 7.74. The molecule has 0 amide bonds. The largest absolute Gasteiger partial charge is 0.281 e. The van der Waals surface area contributed by atoms with Crippen molar-refractivity contribution in [2.75, 3.05) is 5.12 Å². The van der Waals surface area contributed by atoms with Gasteiger partial charge in [-0.1, -0.05) is 44.0 Å². The molecule has 1 heterocycles. The number of anilines is 1. The molecule has 0 aromatic heterocycles. The normalized spacial score (nSPS) is 13.8. The number of halogens is 4. The minimum Gasteiger partial charge on any atom is -0.281 e. The lowest BCUT2D eigenvalue weighted by Gasteiger charge is -2.23. The molecule has 0 radical (unpaired) electrons. The predicted octanol–water partition coefficient (Wildman–Crippen LogP) is 6.43. The first kappa shape index (κ1) is 16.2. The summed E-state index contributed by atoms with van der Waals surface area (Å²) in [6.07, 6.45) is 1.81. The minimum atomic E-state index is 0.735. The number of nitrogens with one attached hydrogen (secondary N) is 1. The number of hydrogen-bond donors (Lipinski definition) is 1. The molecule has 1 aliphatic heterocycles. The highest BCUT2D eigenvalue weighted by Gasteiger charge is 2.18. The second-order valence-electron chi connectivity index (χ2n) is 4.33. The third-order valence-electron chi connectivity index (χ3n) is 2.93. The average Bonchev–Trinajstić information content (AvgIpc) is 2.48. The Morgan fingerprint density at radius 2 is 1.36 bits per heavy atom. The van der Waals surface area contributed by atoms with Gasteiger partial charge < -0.3 is 0 Å². The van der Waals surface area contributed by atoms with Gasteiger partial charge in [-0.15, -0.1) is 5.11 Å². The van der Waals surface area contributed by atoms with Gasteiger partial charge >= 0.3 is 0 Å². The Morgan fingerprint density at radius 1 is 0.818 bits per heavy atom. The third kappa shape index (κ3) is 3.15. The monoisotopic (exact) mass is 548 g/mol. The molecule has 3 rings (SSSR count). The lowest BCUT2D eigenvalue weighted by molar-refractivity contribution is 0.715. The van der Waals surface area contributed by atoms with Crippen molar-refractivity contribution in [3.05, 3.63) is 66.1 Å². The van der Waals surface area contributed by atoms with Gasteiger partial charge in [-0.25, -0.2) is 0 Å². The smallest absolute Gasteiger partial charge is 0.115 e. The number of nitrogens with zero attached hydrogens (tertiary/aromatic N) is 3. The molecule has 2 aromatic rings. The maximum absolute atomic E-state index is 4.31. The third-order valence-corrected chi connectivity index (χ3v) is 5.54. The van der Waals surface area contributed by atoms with Crippen molar-refractivity contribution in [1.82, 2.24) is 5.43 Å². The van der Waals surface area contributed by atoms with E-state index in [0.717, 1.165) is 34.8 Å². The highest BCUT2D eigenvalue weighted by Crippen LogP contribution is 2.37. The maximum Gasteiger partial charge on any atom is 0.115 e. The standard InChI is InChI=1S/C14H8Br4N4/c15-8-3-1-4-9(16)13(8)12-7-19-22(21-20-12)14-10(17)5-2-6-11(14)18/h1-7,19H. The van der Waals surface area contributed by atoms with E-state index in [4.69, 9.17) is 0 Å². The van der Waals surface area contributed by atoms with Crippen LogP contribution < -0.4 is 10.5 Å². The van der Waals surface area contributed by atoms with Gasteiger partial charge in [0, 0.05) is 29.7 Å². The van der Waals surface area contributed by atoms with E-state index in [2.05, 4.69) is 79.5 Å². The van der Waals surface area contributed by atoms with Gasteiger partial charge in [0.2, 0.25) is 0 Å². The summed E-state index contributed by atoms with van der Waals surface area (Å²) < 4.78 is 3.72. The van der Waals surface area contributed by atoms with Crippen molar-refractivity contribution in [1.29, 1.82) is 0 Å². The Balaban J connectivity index is 1.92. The summed E-state index contributed by atoms with van der Waals surface area (Å²) in [4.78, 5) is 0. The van der Waals surface area contributed by atoms with Gasteiger partial charge in [-0.3, -0.25) is 5.43 Å². The molecule has 0 saturated heterocycles. The summed E-state index contributed by atoms with van der Waals surface area (Å²) in [5.74, 6) is 0. The first-order valence-corrected chi connectivity index (χ1v) is 9.31. The van der Waals surface area contributed by atoms with Crippen LogP contribution in [0.25, 0.3) is 5.70 Å². The van der Waals surface area contributed by atoms with Gasteiger partial charge in [-0.05, 0) is 61.3 Å². The van der Waals surface area contributed by atoms with Gasteiger partial charge in [0.25, 0.3) is 0 Å². The van der Waals surface area contributed by atoms with Gasteiger partial charge in [0.1, 0.15) is 11.4 Å². The number of rotatable bonds is 2. The fourth-order valence-electron chi connectivity index (χ4n) is 1.94. The van der Waals surface area contributed by atoms with Crippen LogP contribution in [0, 0.1) is 0 Å². The van der Waals surface area contributed by atoms with E-state index in [0.29, 0.717) is 0 Å². The zero-order valence-corrected chi connectivity index (χ0v) is 17.2. The molecule has 0 bridgehead atoms. The van der Waals surface area contributed by atoms with Crippen molar-refractivity contribution in [2.45, 2.75) is 0 Å². The van der Waals surface area contributed by atoms with Crippen LogP contribution in [0.5, 0.6) is 0 Å². The molecule has 0 spiro atoms. The number of benzene rings is 2. The molecule has 0 aliphatic carbocycles. The average molecular weight is 552 g/mol. The lowest BCUT2D eigenvalue weighted by Crippen LogP contribution is -2.31. The topological polar surface area (TPSA) is 40.0 Å². The van der Waals surface area contributed by atoms with Crippen LogP contribution in [-0.2, 0) is 0 Å². The molecular formula is C14H8Br4N4. The summed E-state index contributed by atoms with van der Waals surface area (Å²) in [6, 6.07) is 11.7. The molecule has 22 heavy (non-hydrogen) atoms. The fourth-order valence-corrected chi connectivity index (χ4v) is 4.67. The molecule has 2 aromatic carbocycles. The highest BCUT2D eigenvalue weighted by atomic mass is 79.9. The Bertz CT molecular complexity index is 748. The van der Waals surface area contributed by atoms with E-state index < -0.39 is 0 Å². The van der Waals surface area contributed by atoms with Crippen LogP contribution in [0.2, 0.25) is 0 Å². The summed E-state index contributed by atoms with van der Waals surface area (Å²) in [5, 5.41) is 10.1. The van der Waals surface area contributed by atoms with E-state index in [9.17, 15) is 0 Å². The first-order valence-electron chi connectivity index (χ1n) is 6.14. The second kappa shape index (κ2) is 6.82. The fraction of sp³-hybridized carbons (Fsp3) is 0. The van der Waals surface area contributed by atoms with E-state index in [-0.39, 0.29) is 0 Å². The summed E-state index contributed by atoms with van der Waals surface area (Å²) in [7, 11) is 0. The van der Waals surface area contributed by atoms with Crippen molar-refractivity contribution in [3.8, 4) is 0 Å². The Kier molecular flexibility index (Phi) is 5.01. The van der Waals surface area contributed by atoms with Crippen LogP contribution >= 0.6 is 63.7 Å². The molecule has 1 N–H and O–H groups in total. The number of para-hydroxylation sites is 1. The minimum absolute atomic E-state index is 0.735. The molecule has 8 heteroatoms. The molecule has 112 valence electrons. The van der Waals surface area contributed by atoms with Crippen LogP contribution in [0.1, 0.15) is 5.56 Å². The summed E-state index contributed by atoms with van der Waals surface area (Å²) in [6.45, 7) is 0. The van der Waals surface area contributed by atoms with Crippen molar-refractivity contribution in [3.63, 3.8) is 0 Å². The van der Waals surface area contributed by atoms with Crippen molar-refractivity contribution >= 4 is 75.1 Å². The number of hydrogen-bond acceptors (Lipinski definition) is 4. The molecule has 0 unspecified atom stereocenters. The Labute approximate surface area is 161 Å². The Morgan fingerprint density at radius 3 is 1.86 bits per heavy atom. The first-order chi connectivity index (χ1) is 10.6. The van der Waals surface area contributed by atoms with Crippen LogP contribution in [0.3, 0.4) is 0 Å². The summed E-state index contributed by atoms with van der Waals surface area (Å²) >= 11 is 14.1. The highest BCUT2D eigenvalue weighted by molar-refractivity contribution is 9.11. The van der Waals surface area contributed by atoms with Crippen LogP contribution in [0.15, 0.2) is 70.8 Å². The maximum atomic E-state index is 4.31. The van der Waals surface area contributed by atoms with Gasteiger partial charge in [0.05, 0.1) is 0 Å². The number of hydrazine groups is 1. The molecule has 0 atom stereocenters. The van der Waals surface area contributed by atoms with Gasteiger partial charge in [-0.2, -0.15) is 5.12 Å². The van der Waals surface area contributed by atoms with Crippen LogP contribution in [-0.4, -0.2) is 0 Å². The van der Waals surface area contributed by atoms with E-state index in [1.54, 1.807) is 5.12 Å². The summed E-state index contributed by atoms with van der Waals surface area (Å²) in [5.41, 5.74) is 5.67. The molecule has 1 aliphatic rings. The van der Waals surface area contributed by atoms with Crippen LogP contribution in [0.4, 0.5) is 5.69 Å². The van der Waals surface area contributed by atoms with Crippen molar-refractivity contribution < 1.29 is 0 Å². The van der Waals surface area contributed by atoms with E-state index in [1.165, 1.54) is 0 Å². The quantitative estimate of drug-likeness (QED) is 0.467. The predicted molar refractivity (Wildman–Crippen MR) is 102 cm³/mol. The lowest BCUT2D eigenvalue weighted by atomic mass is 10.2. The van der Waals surface area contributed by atoms with E-state index in [1.807, 2.05) is 42.6 Å². The zero-order valence-electron chi connectivity index (χ0n) is 10.9. The van der Waals surface area contributed by atoms with E-state index >= 15 is 0 Å². The Hall–Kier alpha value is -0.700. The van der Waals surface area contributed by atoms with Gasteiger partial charge in [0.15, 0.2) is 0 Å². The molecule has 4 nitrogen and oxygen atoms in total.